The Bertz CT molecular complexity index is 531. The second-order valence-electron chi connectivity index (χ2n) is 4.90. The number of piperidine rings is 1. The summed E-state index contributed by atoms with van der Waals surface area (Å²) in [6, 6.07) is 2.17. The minimum absolute atomic E-state index is 0.0760. The van der Waals surface area contributed by atoms with E-state index in [9.17, 15) is 8.42 Å². The SMILES string of the molecule is CNC1CCN(S(=O)(=O)c2nc(C)cc(C)n2)CC1. The Morgan fingerprint density at radius 1 is 1.21 bits per heavy atom. The lowest BCUT2D eigenvalue weighted by molar-refractivity contribution is 0.297. The van der Waals surface area contributed by atoms with Crippen molar-refractivity contribution < 1.29 is 8.42 Å². The molecule has 2 heterocycles. The van der Waals surface area contributed by atoms with Crippen LogP contribution in [0.3, 0.4) is 0 Å². The van der Waals surface area contributed by atoms with E-state index in [0.717, 1.165) is 12.8 Å². The van der Waals surface area contributed by atoms with Crippen molar-refractivity contribution in [3.63, 3.8) is 0 Å². The van der Waals surface area contributed by atoms with Crippen molar-refractivity contribution in [3.8, 4) is 0 Å². The van der Waals surface area contributed by atoms with E-state index in [1.165, 1.54) is 4.31 Å². The molecule has 19 heavy (non-hydrogen) atoms. The summed E-state index contributed by atoms with van der Waals surface area (Å²) in [5.74, 6) is 0. The minimum Gasteiger partial charge on any atom is -0.317 e. The molecule has 1 saturated heterocycles. The molecule has 6 nitrogen and oxygen atoms in total. The lowest BCUT2D eigenvalue weighted by atomic mass is 10.1. The molecule has 7 heteroatoms. The molecule has 1 aliphatic rings. The molecular weight excluding hydrogens is 264 g/mol. The second kappa shape index (κ2) is 5.52. The highest BCUT2D eigenvalue weighted by molar-refractivity contribution is 7.88. The van der Waals surface area contributed by atoms with Crippen LogP contribution in [-0.4, -0.2) is 48.9 Å². The largest absolute Gasteiger partial charge is 0.317 e. The van der Waals surface area contributed by atoms with E-state index in [1.807, 2.05) is 7.05 Å². The normalized spacial score (nSPS) is 18.7. The van der Waals surface area contributed by atoms with Crippen molar-refractivity contribution in [2.45, 2.75) is 37.9 Å². The molecule has 1 N–H and O–H groups in total. The monoisotopic (exact) mass is 284 g/mol. The van der Waals surface area contributed by atoms with Crippen molar-refractivity contribution >= 4 is 10.0 Å². The van der Waals surface area contributed by atoms with Crippen LogP contribution in [0, 0.1) is 13.8 Å². The van der Waals surface area contributed by atoms with Gasteiger partial charge in [-0.2, -0.15) is 4.31 Å². The van der Waals surface area contributed by atoms with Gasteiger partial charge in [-0.05, 0) is 39.8 Å². The van der Waals surface area contributed by atoms with Gasteiger partial charge in [-0.3, -0.25) is 0 Å². The number of rotatable bonds is 3. The van der Waals surface area contributed by atoms with Gasteiger partial charge in [0, 0.05) is 30.5 Å². The Balaban J connectivity index is 2.23. The number of hydrogen-bond acceptors (Lipinski definition) is 5. The Morgan fingerprint density at radius 2 is 1.74 bits per heavy atom. The van der Waals surface area contributed by atoms with Crippen LogP contribution in [0.25, 0.3) is 0 Å². The molecule has 106 valence electrons. The lowest BCUT2D eigenvalue weighted by Gasteiger charge is -2.30. The maximum absolute atomic E-state index is 12.5. The molecule has 0 radical (unpaired) electrons. The molecule has 0 aromatic carbocycles. The number of aryl methyl sites for hydroxylation is 2. The van der Waals surface area contributed by atoms with Crippen molar-refractivity contribution in [2.24, 2.45) is 0 Å². The van der Waals surface area contributed by atoms with Gasteiger partial charge in [0.1, 0.15) is 0 Å². The highest BCUT2D eigenvalue weighted by Crippen LogP contribution is 2.18. The maximum atomic E-state index is 12.5. The fourth-order valence-electron chi connectivity index (χ4n) is 2.31. The summed E-state index contributed by atoms with van der Waals surface area (Å²) in [7, 11) is -1.65. The molecule has 2 rings (SSSR count). The molecule has 0 bridgehead atoms. The fourth-order valence-corrected chi connectivity index (χ4v) is 3.75. The number of hydrogen-bond donors (Lipinski definition) is 1. The van der Waals surface area contributed by atoms with E-state index in [-0.39, 0.29) is 5.16 Å². The highest BCUT2D eigenvalue weighted by atomic mass is 32.2. The minimum atomic E-state index is -3.56. The van der Waals surface area contributed by atoms with Crippen LogP contribution >= 0.6 is 0 Å². The fraction of sp³-hybridized carbons (Fsp3) is 0.667. The van der Waals surface area contributed by atoms with Crippen LogP contribution < -0.4 is 5.32 Å². The highest BCUT2D eigenvalue weighted by Gasteiger charge is 2.31. The molecule has 0 unspecified atom stereocenters. The van der Waals surface area contributed by atoms with Crippen LogP contribution in [-0.2, 0) is 10.0 Å². The van der Waals surface area contributed by atoms with E-state index in [2.05, 4.69) is 15.3 Å². The van der Waals surface area contributed by atoms with Crippen LogP contribution in [0.5, 0.6) is 0 Å². The van der Waals surface area contributed by atoms with Crippen molar-refractivity contribution in [1.29, 1.82) is 0 Å². The molecule has 0 aliphatic carbocycles. The van der Waals surface area contributed by atoms with Crippen LogP contribution in [0.4, 0.5) is 0 Å². The van der Waals surface area contributed by atoms with Crippen LogP contribution in [0.2, 0.25) is 0 Å². The average Bonchev–Trinajstić information content (AvgIpc) is 2.37. The third-order valence-corrected chi connectivity index (χ3v) is 5.08. The predicted octanol–water partition coefficient (Wildman–Crippen LogP) is 0.466. The first kappa shape index (κ1) is 14.4. The molecule has 1 aliphatic heterocycles. The molecule has 1 aromatic heterocycles. The summed E-state index contributed by atoms with van der Waals surface area (Å²) in [6.07, 6.45) is 1.64. The van der Waals surface area contributed by atoms with Gasteiger partial charge in [-0.25, -0.2) is 18.4 Å². The summed E-state index contributed by atoms with van der Waals surface area (Å²) in [6.45, 7) is 4.59. The van der Waals surface area contributed by atoms with Crippen molar-refractivity contribution in [3.05, 3.63) is 17.5 Å². The van der Waals surface area contributed by atoms with Gasteiger partial charge in [0.15, 0.2) is 0 Å². The zero-order chi connectivity index (χ0) is 14.0. The Hall–Kier alpha value is -1.05. The van der Waals surface area contributed by atoms with Gasteiger partial charge in [0.25, 0.3) is 15.2 Å². The van der Waals surface area contributed by atoms with Gasteiger partial charge in [0.2, 0.25) is 0 Å². The van der Waals surface area contributed by atoms with E-state index >= 15 is 0 Å². The summed E-state index contributed by atoms with van der Waals surface area (Å²) >= 11 is 0. The first-order valence-electron chi connectivity index (χ1n) is 6.43. The summed E-state index contributed by atoms with van der Waals surface area (Å²) in [5, 5.41) is 3.11. The van der Waals surface area contributed by atoms with Gasteiger partial charge >= 0.3 is 0 Å². The maximum Gasteiger partial charge on any atom is 0.278 e. The zero-order valence-electron chi connectivity index (χ0n) is 11.5. The van der Waals surface area contributed by atoms with Gasteiger partial charge in [0.05, 0.1) is 0 Å². The van der Waals surface area contributed by atoms with Crippen LogP contribution in [0.15, 0.2) is 11.2 Å². The van der Waals surface area contributed by atoms with Gasteiger partial charge in [-0.1, -0.05) is 0 Å². The van der Waals surface area contributed by atoms with E-state index in [1.54, 1.807) is 19.9 Å². The molecule has 1 fully saturated rings. The third kappa shape index (κ3) is 3.10. The van der Waals surface area contributed by atoms with E-state index in [0.29, 0.717) is 30.5 Å². The quantitative estimate of drug-likeness (QED) is 0.816. The van der Waals surface area contributed by atoms with Crippen molar-refractivity contribution in [2.75, 3.05) is 20.1 Å². The Morgan fingerprint density at radius 3 is 2.21 bits per heavy atom. The number of nitrogens with one attached hydrogen (secondary N) is 1. The average molecular weight is 284 g/mol. The van der Waals surface area contributed by atoms with Gasteiger partial charge in [-0.15, -0.1) is 0 Å². The van der Waals surface area contributed by atoms with Crippen molar-refractivity contribution in [1.82, 2.24) is 19.6 Å². The van der Waals surface area contributed by atoms with Crippen LogP contribution in [0.1, 0.15) is 24.2 Å². The zero-order valence-corrected chi connectivity index (χ0v) is 12.4. The smallest absolute Gasteiger partial charge is 0.278 e. The van der Waals surface area contributed by atoms with Gasteiger partial charge < -0.3 is 5.32 Å². The Labute approximate surface area is 114 Å². The molecule has 0 saturated carbocycles. The number of sulfonamides is 1. The second-order valence-corrected chi connectivity index (χ2v) is 6.73. The summed E-state index contributed by atoms with van der Waals surface area (Å²) in [4.78, 5) is 8.13. The lowest BCUT2D eigenvalue weighted by Crippen LogP contribution is -2.44. The Kier molecular flexibility index (Phi) is 4.17. The predicted molar refractivity (Wildman–Crippen MR) is 72.3 cm³/mol. The number of nitrogens with zero attached hydrogens (tertiary/aromatic N) is 3. The molecular formula is C12H20N4O2S. The first-order chi connectivity index (χ1) is 8.93. The molecule has 0 amide bonds. The van der Waals surface area contributed by atoms with E-state index in [4.69, 9.17) is 0 Å². The third-order valence-electron chi connectivity index (χ3n) is 3.39. The molecule has 0 atom stereocenters. The molecule has 0 spiro atoms. The molecule has 1 aromatic rings. The standard InChI is InChI=1S/C12H20N4O2S/c1-9-8-10(2)15-12(14-9)19(17,18)16-6-4-11(13-3)5-7-16/h8,11,13H,4-7H2,1-3H3. The topological polar surface area (TPSA) is 75.2 Å². The first-order valence-corrected chi connectivity index (χ1v) is 7.87. The van der Waals surface area contributed by atoms with E-state index < -0.39 is 10.0 Å². The summed E-state index contributed by atoms with van der Waals surface area (Å²) < 4.78 is 26.4. The number of aromatic nitrogens is 2. The summed E-state index contributed by atoms with van der Waals surface area (Å²) in [5.41, 5.74) is 1.35.